The first-order chi connectivity index (χ1) is 12.4. The third-order valence-electron chi connectivity index (χ3n) is 3.75. The molecular formula is C15H15F4N5O2. The Labute approximate surface area is 145 Å². The van der Waals surface area contributed by atoms with Crippen LogP contribution in [0.5, 0.6) is 5.88 Å². The van der Waals surface area contributed by atoms with Crippen LogP contribution in [0.1, 0.15) is 21.7 Å². The van der Waals surface area contributed by atoms with Crippen molar-refractivity contribution in [2.75, 3.05) is 18.5 Å². The van der Waals surface area contributed by atoms with Gasteiger partial charge in [-0.3, -0.25) is 9.89 Å². The van der Waals surface area contributed by atoms with Gasteiger partial charge in [-0.05, 0) is 6.07 Å². The fourth-order valence-electron chi connectivity index (χ4n) is 2.38. The number of nitrogens with zero attached hydrogens (tertiary/aromatic N) is 2. The number of halogens is 4. The predicted octanol–water partition coefficient (Wildman–Crippen LogP) is 1.98. The molecule has 2 aromatic heterocycles. The first-order valence-corrected chi connectivity index (χ1v) is 7.70. The highest BCUT2D eigenvalue weighted by molar-refractivity contribution is 6.04. The summed E-state index contributed by atoms with van der Waals surface area (Å²) in [6.45, 7) is -0.167. The summed E-state index contributed by atoms with van der Waals surface area (Å²) in [5.41, 5.74) is 2.22. The molecule has 3 rings (SSSR count). The Morgan fingerprint density at radius 3 is 2.88 bits per heavy atom. The third-order valence-corrected chi connectivity index (χ3v) is 3.75. The van der Waals surface area contributed by atoms with Crippen LogP contribution in [-0.2, 0) is 13.0 Å². The second-order valence-electron chi connectivity index (χ2n) is 5.65. The summed E-state index contributed by atoms with van der Waals surface area (Å²) in [6, 6.07) is 2.55. The van der Waals surface area contributed by atoms with Gasteiger partial charge in [-0.15, -0.1) is 0 Å². The number of aromatic amines is 1. The number of hydrogen-bond donors (Lipinski definition) is 3. The van der Waals surface area contributed by atoms with Gasteiger partial charge in [0.25, 0.3) is 5.91 Å². The fraction of sp³-hybridized carbons (Fsp3) is 0.400. The lowest BCUT2D eigenvalue weighted by atomic mass is 10.1. The largest absolute Gasteiger partial charge is 0.471 e. The molecule has 0 atom stereocenters. The number of nitrogens with one attached hydrogen (secondary N) is 3. The highest BCUT2D eigenvalue weighted by Crippen LogP contribution is 2.24. The van der Waals surface area contributed by atoms with Crippen LogP contribution in [0.4, 0.5) is 23.2 Å². The van der Waals surface area contributed by atoms with Crippen molar-refractivity contribution in [2.45, 2.75) is 25.3 Å². The van der Waals surface area contributed by atoms with Gasteiger partial charge in [0.05, 0.1) is 11.9 Å². The van der Waals surface area contributed by atoms with Crippen molar-refractivity contribution in [1.29, 1.82) is 0 Å². The molecule has 140 valence electrons. The number of pyridine rings is 1. The lowest BCUT2D eigenvalue weighted by molar-refractivity contribution is -0.148. The molecule has 26 heavy (non-hydrogen) atoms. The van der Waals surface area contributed by atoms with E-state index in [1.807, 2.05) is 0 Å². The van der Waals surface area contributed by atoms with Crippen LogP contribution >= 0.6 is 0 Å². The molecule has 0 spiro atoms. The summed E-state index contributed by atoms with van der Waals surface area (Å²) < 4.78 is 54.3. The smallest absolute Gasteiger partial charge is 0.340 e. The lowest BCUT2D eigenvalue weighted by Crippen LogP contribution is -2.33. The van der Waals surface area contributed by atoms with E-state index in [0.717, 1.165) is 24.2 Å². The summed E-state index contributed by atoms with van der Waals surface area (Å²) in [7, 11) is 0. The third kappa shape index (κ3) is 3.93. The average molecular weight is 373 g/mol. The first kappa shape index (κ1) is 18.1. The number of aromatic nitrogens is 3. The number of hydrogen-bond acceptors (Lipinski definition) is 5. The average Bonchev–Trinajstić information content (AvgIpc) is 3.05. The van der Waals surface area contributed by atoms with Crippen LogP contribution < -0.4 is 15.4 Å². The molecule has 11 heteroatoms. The van der Waals surface area contributed by atoms with E-state index in [1.165, 1.54) is 18.3 Å². The number of fused-ring (bicyclic) bond motifs is 1. The number of alkyl halides is 4. The normalized spacial score (nSPS) is 14.2. The maximum atomic E-state index is 12.8. The van der Waals surface area contributed by atoms with Crippen molar-refractivity contribution >= 4 is 11.6 Å². The maximum Gasteiger partial charge on any atom is 0.340 e. The number of ether oxygens (including phenoxy) is 1. The maximum absolute atomic E-state index is 12.8. The zero-order chi connectivity index (χ0) is 18.7. The van der Waals surface area contributed by atoms with Gasteiger partial charge in [0.15, 0.2) is 12.3 Å². The molecule has 0 saturated heterocycles. The molecule has 0 unspecified atom stereocenters. The second-order valence-corrected chi connectivity index (χ2v) is 5.65. The molecule has 1 aliphatic rings. The number of anilines is 1. The molecule has 0 fully saturated rings. The highest BCUT2D eigenvalue weighted by atomic mass is 19.3. The molecule has 0 bridgehead atoms. The van der Waals surface area contributed by atoms with Crippen LogP contribution in [-0.4, -0.2) is 46.6 Å². The van der Waals surface area contributed by atoms with Crippen molar-refractivity contribution in [3.8, 4) is 5.88 Å². The zero-order valence-corrected chi connectivity index (χ0v) is 13.4. The topological polar surface area (TPSA) is 91.9 Å². The molecule has 0 aromatic carbocycles. The van der Waals surface area contributed by atoms with E-state index < -0.39 is 24.9 Å². The summed E-state index contributed by atoms with van der Waals surface area (Å²) >= 11 is 0. The molecule has 1 aliphatic heterocycles. The Balaban J connectivity index is 1.61. The van der Waals surface area contributed by atoms with Gasteiger partial charge in [-0.2, -0.15) is 13.9 Å². The standard InChI is InChI=1S/C15H15F4N5O2/c16-14(17)15(18,19)7-26-11-2-1-8(5-21-11)22-13(25)12-9-6-20-4-3-10(9)23-24-12/h1-2,5,14,20H,3-4,6-7H2,(H,22,25)(H,23,24). The summed E-state index contributed by atoms with van der Waals surface area (Å²) in [5, 5.41) is 12.6. The van der Waals surface area contributed by atoms with Crippen molar-refractivity contribution in [2.24, 2.45) is 0 Å². The van der Waals surface area contributed by atoms with Gasteiger partial charge < -0.3 is 15.4 Å². The van der Waals surface area contributed by atoms with E-state index in [9.17, 15) is 22.4 Å². The molecule has 3 N–H and O–H groups in total. The number of carbonyl (C=O) groups excluding carboxylic acids is 1. The predicted molar refractivity (Wildman–Crippen MR) is 82.6 cm³/mol. The van der Waals surface area contributed by atoms with Crippen molar-refractivity contribution in [3.63, 3.8) is 0 Å². The van der Waals surface area contributed by atoms with Crippen LogP contribution in [0.25, 0.3) is 0 Å². The molecule has 0 saturated carbocycles. The molecule has 0 radical (unpaired) electrons. The molecule has 0 aliphatic carbocycles. The van der Waals surface area contributed by atoms with Gasteiger partial charge in [-0.25, -0.2) is 13.8 Å². The van der Waals surface area contributed by atoms with E-state index in [0.29, 0.717) is 6.54 Å². The van der Waals surface area contributed by atoms with E-state index in [2.05, 4.69) is 30.6 Å². The number of rotatable bonds is 6. The van der Waals surface area contributed by atoms with Gasteiger partial charge in [0.2, 0.25) is 5.88 Å². The minimum atomic E-state index is -4.26. The number of H-pyrrole nitrogens is 1. The monoisotopic (exact) mass is 373 g/mol. The van der Waals surface area contributed by atoms with Crippen molar-refractivity contribution in [3.05, 3.63) is 35.3 Å². The second kappa shape index (κ2) is 7.28. The van der Waals surface area contributed by atoms with Gasteiger partial charge in [-0.1, -0.05) is 0 Å². The zero-order valence-electron chi connectivity index (χ0n) is 13.4. The van der Waals surface area contributed by atoms with Crippen LogP contribution in [0.3, 0.4) is 0 Å². The Bertz CT molecular complexity index is 779. The summed E-state index contributed by atoms with van der Waals surface area (Å²) in [6.07, 6.45) is -1.91. The minimum Gasteiger partial charge on any atom is -0.471 e. The van der Waals surface area contributed by atoms with E-state index in [4.69, 9.17) is 0 Å². The van der Waals surface area contributed by atoms with Crippen LogP contribution in [0, 0.1) is 0 Å². The number of carbonyl (C=O) groups is 1. The number of amides is 1. The molecule has 3 heterocycles. The highest BCUT2D eigenvalue weighted by Gasteiger charge is 2.41. The van der Waals surface area contributed by atoms with E-state index in [-0.39, 0.29) is 17.3 Å². The Morgan fingerprint density at radius 2 is 2.19 bits per heavy atom. The molecule has 1 amide bonds. The minimum absolute atomic E-state index is 0.254. The summed E-state index contributed by atoms with van der Waals surface area (Å²) in [5.74, 6) is -4.97. The van der Waals surface area contributed by atoms with Gasteiger partial charge >= 0.3 is 12.3 Å². The van der Waals surface area contributed by atoms with Crippen LogP contribution in [0.2, 0.25) is 0 Å². The Kier molecular flexibility index (Phi) is 5.07. The molecule has 7 nitrogen and oxygen atoms in total. The molecular weight excluding hydrogens is 358 g/mol. The van der Waals surface area contributed by atoms with Gasteiger partial charge in [0.1, 0.15) is 0 Å². The fourth-order valence-corrected chi connectivity index (χ4v) is 2.38. The molecule has 2 aromatic rings. The SMILES string of the molecule is O=C(Nc1ccc(OCC(F)(F)C(F)F)nc1)c1n[nH]c2c1CNCC2. The lowest BCUT2D eigenvalue weighted by Gasteiger charge is -2.15. The van der Waals surface area contributed by atoms with E-state index in [1.54, 1.807) is 0 Å². The van der Waals surface area contributed by atoms with Gasteiger partial charge in [0, 0.05) is 36.8 Å². The Morgan fingerprint density at radius 1 is 1.38 bits per heavy atom. The van der Waals surface area contributed by atoms with E-state index >= 15 is 0 Å². The van der Waals surface area contributed by atoms with Crippen LogP contribution in [0.15, 0.2) is 18.3 Å². The summed E-state index contributed by atoms with van der Waals surface area (Å²) in [4.78, 5) is 16.0. The van der Waals surface area contributed by atoms with Crippen molar-refractivity contribution in [1.82, 2.24) is 20.5 Å². The first-order valence-electron chi connectivity index (χ1n) is 7.70. The quantitative estimate of drug-likeness (QED) is 0.674. The Hall–Kier alpha value is -2.69. The van der Waals surface area contributed by atoms with Crippen molar-refractivity contribution < 1.29 is 27.1 Å².